The van der Waals surface area contributed by atoms with Crippen molar-refractivity contribution in [3.63, 3.8) is 0 Å². The van der Waals surface area contributed by atoms with Crippen molar-refractivity contribution >= 4 is 5.83 Å². The van der Waals surface area contributed by atoms with E-state index in [-0.39, 0.29) is 36.0 Å². The van der Waals surface area contributed by atoms with Crippen molar-refractivity contribution in [2.45, 2.75) is 63.6 Å². The lowest BCUT2D eigenvalue weighted by molar-refractivity contribution is -0.217. The van der Waals surface area contributed by atoms with E-state index in [9.17, 15) is 22.0 Å². The Labute approximate surface area is 208 Å². The van der Waals surface area contributed by atoms with Gasteiger partial charge in [-0.3, -0.25) is 0 Å². The van der Waals surface area contributed by atoms with E-state index in [0.29, 0.717) is 38.0 Å². The highest BCUT2D eigenvalue weighted by atomic mass is 19.2. The Morgan fingerprint density at radius 2 is 1.47 bits per heavy atom. The summed E-state index contributed by atoms with van der Waals surface area (Å²) in [5, 5.41) is 0. The smallest absolute Gasteiger partial charge is 0.194 e. The monoisotopic (exact) mass is 506 g/mol. The van der Waals surface area contributed by atoms with Crippen molar-refractivity contribution in [2.24, 2.45) is 5.92 Å². The molecule has 36 heavy (non-hydrogen) atoms. The van der Waals surface area contributed by atoms with E-state index in [1.54, 1.807) is 30.3 Å². The number of allylic oxidation sites excluding steroid dienone is 3. The Bertz CT molecular complexity index is 1060. The maximum atomic E-state index is 14.4. The molecule has 4 rings (SSSR count). The standard InChI is InChI=1S/C29H31F5O2/c1-2-3-4-5-24(30)27(33)20-10-6-19(7-11-20)23-16-35-29(36-17-23)21-12-8-18(9-13-21)22-14-25(31)28(34)26(32)15-22/h2-3,6-7,10-11,14-15,18,21,23,29H,4-5,8-9,12-13,16-17H2,1H3/b3-2+,27-24+. The van der Waals surface area contributed by atoms with Crippen LogP contribution in [-0.4, -0.2) is 19.5 Å². The first-order valence-corrected chi connectivity index (χ1v) is 12.5. The van der Waals surface area contributed by atoms with Gasteiger partial charge in [-0.2, -0.15) is 0 Å². The Kier molecular flexibility index (Phi) is 8.96. The van der Waals surface area contributed by atoms with Crippen LogP contribution in [-0.2, 0) is 9.47 Å². The van der Waals surface area contributed by atoms with Gasteiger partial charge in [0.1, 0.15) is 5.83 Å². The fourth-order valence-corrected chi connectivity index (χ4v) is 5.06. The summed E-state index contributed by atoms with van der Waals surface area (Å²) in [4.78, 5) is 0. The molecule has 2 fully saturated rings. The van der Waals surface area contributed by atoms with Crippen LogP contribution in [0.5, 0.6) is 0 Å². The number of halogens is 5. The van der Waals surface area contributed by atoms with Crippen molar-refractivity contribution in [1.82, 2.24) is 0 Å². The lowest BCUT2D eigenvalue weighted by Gasteiger charge is -2.38. The van der Waals surface area contributed by atoms with Gasteiger partial charge in [-0.25, -0.2) is 22.0 Å². The predicted molar refractivity (Wildman–Crippen MR) is 129 cm³/mol. The first-order valence-electron chi connectivity index (χ1n) is 12.5. The zero-order chi connectivity index (χ0) is 25.7. The molecule has 0 amide bonds. The molecule has 0 N–H and O–H groups in total. The third-order valence-corrected chi connectivity index (χ3v) is 7.20. The summed E-state index contributed by atoms with van der Waals surface area (Å²) in [6, 6.07) is 8.89. The molecule has 2 nitrogen and oxygen atoms in total. The molecule has 1 saturated carbocycles. The third kappa shape index (κ3) is 6.24. The minimum absolute atomic E-state index is 0.0108. The van der Waals surface area contributed by atoms with Crippen molar-refractivity contribution in [3.8, 4) is 0 Å². The molecular weight excluding hydrogens is 475 g/mol. The second-order valence-electron chi connectivity index (χ2n) is 9.59. The van der Waals surface area contributed by atoms with E-state index >= 15 is 0 Å². The maximum Gasteiger partial charge on any atom is 0.194 e. The van der Waals surface area contributed by atoms with E-state index in [1.165, 1.54) is 0 Å². The molecule has 1 saturated heterocycles. The van der Waals surface area contributed by atoms with Gasteiger partial charge in [0.15, 0.2) is 29.6 Å². The molecule has 0 spiro atoms. The van der Waals surface area contributed by atoms with Crippen LogP contribution >= 0.6 is 0 Å². The number of hydrogen-bond acceptors (Lipinski definition) is 2. The molecule has 2 aliphatic rings. The molecule has 1 aliphatic heterocycles. The van der Waals surface area contributed by atoms with Crippen LogP contribution in [0, 0.1) is 23.4 Å². The SMILES string of the molecule is C/C=C/CC/C(F)=C(\F)c1ccc(C2COC(C3CCC(c4cc(F)c(F)c(F)c4)CC3)OC2)cc1. The van der Waals surface area contributed by atoms with Gasteiger partial charge in [-0.05, 0) is 68.2 Å². The van der Waals surface area contributed by atoms with Crippen LogP contribution in [0.25, 0.3) is 5.83 Å². The average molecular weight is 507 g/mol. The van der Waals surface area contributed by atoms with Crippen molar-refractivity contribution in [1.29, 1.82) is 0 Å². The van der Waals surface area contributed by atoms with E-state index in [0.717, 1.165) is 30.5 Å². The van der Waals surface area contributed by atoms with Crippen LogP contribution in [0.2, 0.25) is 0 Å². The number of ether oxygens (including phenoxy) is 2. The van der Waals surface area contributed by atoms with Gasteiger partial charge < -0.3 is 9.47 Å². The summed E-state index contributed by atoms with van der Waals surface area (Å²) < 4.78 is 80.9. The quantitative estimate of drug-likeness (QED) is 0.213. The normalized spacial score (nSPS) is 25.7. The summed E-state index contributed by atoms with van der Waals surface area (Å²) in [5.41, 5.74) is 1.64. The molecule has 2 aromatic carbocycles. The van der Waals surface area contributed by atoms with Gasteiger partial charge in [-0.1, -0.05) is 36.4 Å². The van der Waals surface area contributed by atoms with Crippen molar-refractivity contribution in [3.05, 3.63) is 88.5 Å². The number of benzene rings is 2. The van der Waals surface area contributed by atoms with E-state index < -0.39 is 29.1 Å². The molecule has 0 aromatic heterocycles. The highest BCUT2D eigenvalue weighted by Gasteiger charge is 2.33. The zero-order valence-corrected chi connectivity index (χ0v) is 20.3. The number of hydrogen-bond donors (Lipinski definition) is 0. The van der Waals surface area contributed by atoms with Crippen molar-refractivity contribution in [2.75, 3.05) is 13.2 Å². The molecule has 0 atom stereocenters. The van der Waals surface area contributed by atoms with Gasteiger partial charge in [-0.15, -0.1) is 0 Å². The highest BCUT2D eigenvalue weighted by Crippen LogP contribution is 2.40. The number of rotatable bonds is 7. The van der Waals surface area contributed by atoms with Gasteiger partial charge >= 0.3 is 0 Å². The Morgan fingerprint density at radius 1 is 0.861 bits per heavy atom. The van der Waals surface area contributed by atoms with Crippen LogP contribution in [0.4, 0.5) is 22.0 Å². The van der Waals surface area contributed by atoms with E-state index in [4.69, 9.17) is 9.47 Å². The van der Waals surface area contributed by atoms with Crippen LogP contribution in [0.1, 0.15) is 74.0 Å². The Hall–Kier alpha value is -2.51. The van der Waals surface area contributed by atoms with Crippen LogP contribution in [0.3, 0.4) is 0 Å². The first-order chi connectivity index (χ1) is 17.4. The summed E-state index contributed by atoms with van der Waals surface area (Å²) in [6.45, 7) is 2.74. The van der Waals surface area contributed by atoms with Gasteiger partial charge in [0.25, 0.3) is 0 Å². The maximum absolute atomic E-state index is 14.4. The van der Waals surface area contributed by atoms with Crippen LogP contribution < -0.4 is 0 Å². The zero-order valence-electron chi connectivity index (χ0n) is 20.3. The lowest BCUT2D eigenvalue weighted by atomic mass is 9.78. The average Bonchev–Trinajstić information content (AvgIpc) is 2.91. The molecular formula is C29H31F5O2. The van der Waals surface area contributed by atoms with Gasteiger partial charge in [0.2, 0.25) is 0 Å². The first kappa shape index (κ1) is 26.6. The molecule has 0 bridgehead atoms. The topological polar surface area (TPSA) is 18.5 Å². The lowest BCUT2D eigenvalue weighted by Crippen LogP contribution is -2.37. The fourth-order valence-electron chi connectivity index (χ4n) is 5.06. The fraction of sp³-hybridized carbons (Fsp3) is 0.448. The predicted octanol–water partition coefficient (Wildman–Crippen LogP) is 8.50. The van der Waals surface area contributed by atoms with Gasteiger partial charge in [0.05, 0.1) is 13.2 Å². The molecule has 2 aromatic rings. The summed E-state index contributed by atoms with van der Waals surface area (Å²) >= 11 is 0. The summed E-state index contributed by atoms with van der Waals surface area (Å²) in [6.07, 6.45) is 6.73. The molecule has 194 valence electrons. The summed E-state index contributed by atoms with van der Waals surface area (Å²) in [7, 11) is 0. The second-order valence-corrected chi connectivity index (χ2v) is 9.59. The molecule has 1 heterocycles. The molecule has 0 unspecified atom stereocenters. The minimum Gasteiger partial charge on any atom is -0.352 e. The third-order valence-electron chi connectivity index (χ3n) is 7.20. The Morgan fingerprint density at radius 3 is 2.06 bits per heavy atom. The Balaban J connectivity index is 1.27. The van der Waals surface area contributed by atoms with Crippen LogP contribution in [0.15, 0.2) is 54.4 Å². The molecule has 0 radical (unpaired) electrons. The largest absolute Gasteiger partial charge is 0.352 e. The van der Waals surface area contributed by atoms with Gasteiger partial charge in [0, 0.05) is 23.8 Å². The summed E-state index contributed by atoms with van der Waals surface area (Å²) in [5.74, 6) is -5.19. The van der Waals surface area contributed by atoms with E-state index in [1.807, 2.05) is 13.0 Å². The highest BCUT2D eigenvalue weighted by molar-refractivity contribution is 5.61. The minimum atomic E-state index is -1.44. The second kappa shape index (κ2) is 12.2. The van der Waals surface area contributed by atoms with E-state index in [2.05, 4.69) is 0 Å². The molecule has 7 heteroatoms. The van der Waals surface area contributed by atoms with Crippen molar-refractivity contribution < 1.29 is 31.4 Å². The molecule has 1 aliphatic carbocycles.